The zero-order valence-electron chi connectivity index (χ0n) is 18.0. The van der Waals surface area contributed by atoms with Gasteiger partial charge in [0, 0.05) is 10.6 Å². The average Bonchev–Trinajstić information content (AvgIpc) is 2.89. The topological polar surface area (TPSA) is 0 Å². The van der Waals surface area contributed by atoms with Crippen molar-refractivity contribution in [2.24, 2.45) is 0 Å². The van der Waals surface area contributed by atoms with Crippen molar-refractivity contribution in [1.82, 2.24) is 0 Å². The molecule has 0 aliphatic heterocycles. The molecule has 0 saturated carbocycles. The molecule has 0 aromatic heterocycles. The van der Waals surface area contributed by atoms with E-state index in [2.05, 4.69) is 109 Å². The van der Waals surface area contributed by atoms with Crippen LogP contribution >= 0.6 is 11.6 Å². The molecule has 0 nitrogen and oxygen atoms in total. The molecule has 0 radical (unpaired) electrons. The Balaban J connectivity index is 1.64. The van der Waals surface area contributed by atoms with Crippen molar-refractivity contribution in [2.45, 2.75) is 0 Å². The van der Waals surface area contributed by atoms with E-state index in [0.29, 0.717) is 0 Å². The maximum Gasteiger partial charge on any atom is 0.0490 e. The van der Waals surface area contributed by atoms with Crippen LogP contribution in [-0.2, 0) is 0 Å². The van der Waals surface area contributed by atoms with Gasteiger partial charge in [-0.05, 0) is 67.6 Å². The monoisotopic (exact) mass is 440 g/mol. The van der Waals surface area contributed by atoms with Crippen molar-refractivity contribution in [3.8, 4) is 33.4 Å². The van der Waals surface area contributed by atoms with Gasteiger partial charge in [0.25, 0.3) is 0 Å². The molecule has 0 spiro atoms. The fourth-order valence-electron chi connectivity index (χ4n) is 4.80. The zero-order valence-corrected chi connectivity index (χ0v) is 18.8. The molecular weight excluding hydrogens is 420 g/mol. The summed E-state index contributed by atoms with van der Waals surface area (Å²) in [6.07, 6.45) is 0. The highest BCUT2D eigenvalue weighted by Crippen LogP contribution is 2.43. The third-order valence-corrected chi connectivity index (χ3v) is 6.65. The van der Waals surface area contributed by atoms with Gasteiger partial charge < -0.3 is 0 Å². The van der Waals surface area contributed by atoms with Crippen LogP contribution in [0.5, 0.6) is 0 Å². The van der Waals surface area contributed by atoms with Crippen LogP contribution in [0.25, 0.3) is 54.9 Å². The Morgan fingerprint density at radius 3 is 1.88 bits per heavy atom. The van der Waals surface area contributed by atoms with Crippen LogP contribution in [0.3, 0.4) is 0 Å². The third-order valence-electron chi connectivity index (χ3n) is 6.33. The predicted molar refractivity (Wildman–Crippen MR) is 143 cm³/mol. The zero-order chi connectivity index (χ0) is 22.2. The van der Waals surface area contributed by atoms with Crippen molar-refractivity contribution < 1.29 is 0 Å². The van der Waals surface area contributed by atoms with E-state index in [1.54, 1.807) is 0 Å². The van der Waals surface area contributed by atoms with Gasteiger partial charge in [0.15, 0.2) is 0 Å². The largest absolute Gasteiger partial charge is 0.0836 e. The van der Waals surface area contributed by atoms with E-state index in [1.807, 2.05) is 18.2 Å². The summed E-state index contributed by atoms with van der Waals surface area (Å²) in [5.41, 5.74) is 6.94. The van der Waals surface area contributed by atoms with Gasteiger partial charge in [-0.15, -0.1) is 0 Å². The minimum atomic E-state index is 0.762. The molecule has 156 valence electrons. The molecular formula is C32H21Cl. The molecule has 6 aromatic rings. The molecule has 0 bridgehead atoms. The van der Waals surface area contributed by atoms with E-state index in [9.17, 15) is 0 Å². The Bertz CT molecular complexity index is 1610. The third kappa shape index (κ3) is 3.50. The van der Waals surface area contributed by atoms with Crippen molar-refractivity contribution in [1.29, 1.82) is 0 Å². The highest BCUT2D eigenvalue weighted by molar-refractivity contribution is 6.35. The lowest BCUT2D eigenvalue weighted by molar-refractivity contribution is 1.58. The van der Waals surface area contributed by atoms with Gasteiger partial charge in [-0.3, -0.25) is 0 Å². The quantitative estimate of drug-likeness (QED) is 0.240. The predicted octanol–water partition coefficient (Wildman–Crippen LogP) is 9.65. The minimum Gasteiger partial charge on any atom is -0.0836 e. The molecule has 1 heteroatoms. The van der Waals surface area contributed by atoms with Crippen LogP contribution in [0.4, 0.5) is 0 Å². The van der Waals surface area contributed by atoms with E-state index in [1.165, 1.54) is 32.7 Å². The normalized spacial score (nSPS) is 11.2. The lowest BCUT2D eigenvalue weighted by Gasteiger charge is -2.17. The number of hydrogen-bond donors (Lipinski definition) is 0. The Kier molecular flexibility index (Phi) is 4.94. The first-order valence-electron chi connectivity index (χ1n) is 11.1. The first-order chi connectivity index (χ1) is 16.3. The van der Waals surface area contributed by atoms with Gasteiger partial charge in [0.2, 0.25) is 0 Å². The second-order valence-corrected chi connectivity index (χ2v) is 8.71. The van der Waals surface area contributed by atoms with Gasteiger partial charge in [0.1, 0.15) is 0 Å². The van der Waals surface area contributed by atoms with Crippen molar-refractivity contribution in [3.63, 3.8) is 0 Å². The van der Waals surface area contributed by atoms with Crippen LogP contribution in [-0.4, -0.2) is 0 Å². The van der Waals surface area contributed by atoms with E-state index in [0.717, 1.165) is 27.3 Å². The summed E-state index contributed by atoms with van der Waals surface area (Å²) in [5.74, 6) is 0. The molecule has 0 amide bonds. The van der Waals surface area contributed by atoms with Crippen LogP contribution in [0.15, 0.2) is 127 Å². The first kappa shape index (κ1) is 19.8. The minimum absolute atomic E-state index is 0.762. The maximum atomic E-state index is 6.92. The Hall–Kier alpha value is -3.87. The summed E-state index contributed by atoms with van der Waals surface area (Å²) in [6.45, 7) is 0. The molecule has 6 aromatic carbocycles. The lowest BCUT2D eigenvalue weighted by atomic mass is 9.88. The smallest absolute Gasteiger partial charge is 0.0490 e. The second kappa shape index (κ2) is 8.24. The van der Waals surface area contributed by atoms with E-state index in [-0.39, 0.29) is 0 Å². The van der Waals surface area contributed by atoms with E-state index >= 15 is 0 Å². The van der Waals surface area contributed by atoms with Gasteiger partial charge >= 0.3 is 0 Å². The molecule has 0 fully saturated rings. The number of hydrogen-bond acceptors (Lipinski definition) is 0. The van der Waals surface area contributed by atoms with E-state index < -0.39 is 0 Å². The van der Waals surface area contributed by atoms with Crippen LogP contribution in [0.2, 0.25) is 5.02 Å². The average molecular weight is 441 g/mol. The molecule has 0 heterocycles. The van der Waals surface area contributed by atoms with E-state index in [4.69, 9.17) is 11.6 Å². The lowest BCUT2D eigenvalue weighted by Crippen LogP contribution is -1.90. The molecule has 0 atom stereocenters. The summed E-state index contributed by atoms with van der Waals surface area (Å²) in [6, 6.07) is 44.9. The van der Waals surface area contributed by atoms with Crippen molar-refractivity contribution >= 4 is 33.1 Å². The Morgan fingerprint density at radius 2 is 1.03 bits per heavy atom. The molecule has 0 N–H and O–H groups in total. The summed E-state index contributed by atoms with van der Waals surface area (Å²) < 4.78 is 0. The van der Waals surface area contributed by atoms with Crippen molar-refractivity contribution in [3.05, 3.63) is 132 Å². The summed E-state index contributed by atoms with van der Waals surface area (Å²) >= 11 is 6.92. The SMILES string of the molecule is Clc1cccc(-c2cccc(-c3ccccc3)c2)c1-c1cc2ccccc2c2ccccc12. The fourth-order valence-corrected chi connectivity index (χ4v) is 5.07. The van der Waals surface area contributed by atoms with Gasteiger partial charge in [-0.2, -0.15) is 0 Å². The first-order valence-corrected chi connectivity index (χ1v) is 11.5. The summed E-state index contributed by atoms with van der Waals surface area (Å²) in [5, 5.41) is 5.70. The number of halogens is 1. The van der Waals surface area contributed by atoms with Gasteiger partial charge in [0.05, 0.1) is 0 Å². The van der Waals surface area contributed by atoms with Crippen LogP contribution in [0.1, 0.15) is 0 Å². The molecule has 6 rings (SSSR count). The molecule has 0 aliphatic carbocycles. The van der Waals surface area contributed by atoms with Crippen molar-refractivity contribution in [2.75, 3.05) is 0 Å². The fraction of sp³-hybridized carbons (Fsp3) is 0. The number of fused-ring (bicyclic) bond motifs is 3. The molecule has 0 aliphatic rings. The Labute approximate surface area is 198 Å². The summed E-state index contributed by atoms with van der Waals surface area (Å²) in [4.78, 5) is 0. The maximum absolute atomic E-state index is 6.92. The number of rotatable bonds is 3. The second-order valence-electron chi connectivity index (χ2n) is 8.30. The van der Waals surface area contributed by atoms with Crippen LogP contribution < -0.4 is 0 Å². The van der Waals surface area contributed by atoms with Crippen LogP contribution in [0, 0.1) is 0 Å². The van der Waals surface area contributed by atoms with Gasteiger partial charge in [-0.1, -0.05) is 121 Å². The Morgan fingerprint density at radius 1 is 0.394 bits per heavy atom. The highest BCUT2D eigenvalue weighted by atomic mass is 35.5. The molecule has 33 heavy (non-hydrogen) atoms. The number of benzene rings is 6. The molecule has 0 saturated heterocycles. The molecule has 0 unspecified atom stereocenters. The standard InChI is InChI=1S/C32H21Cl/c33-31-19-9-18-27(24-14-8-13-23(20-24)22-10-2-1-3-11-22)32(31)30-21-25-12-4-5-15-26(25)28-16-6-7-17-29(28)30/h1-21H. The highest BCUT2D eigenvalue weighted by Gasteiger charge is 2.16. The van der Waals surface area contributed by atoms with Gasteiger partial charge in [-0.25, -0.2) is 0 Å². The summed E-state index contributed by atoms with van der Waals surface area (Å²) in [7, 11) is 0.